The Hall–Kier alpha value is -1.77. The lowest BCUT2D eigenvalue weighted by Gasteiger charge is -1.94. The van der Waals surface area contributed by atoms with Crippen LogP contribution in [-0.2, 0) is 0 Å². The first-order chi connectivity index (χ1) is 5.97. The lowest BCUT2D eigenvalue weighted by Crippen LogP contribution is -1.88. The second-order valence-corrected chi connectivity index (χ2v) is 2.25. The second kappa shape index (κ2) is 3.09. The third-order valence-electron chi connectivity index (χ3n) is 1.46. The topological polar surface area (TPSA) is 38.7 Å². The van der Waals surface area contributed by atoms with Crippen LogP contribution in [0.5, 0.6) is 0 Å². The molecule has 0 N–H and O–H groups in total. The van der Waals surface area contributed by atoms with Crippen LogP contribution in [0.1, 0.15) is 0 Å². The Kier molecular flexibility index (Phi) is 1.78. The number of nitrogens with zero attached hydrogens (tertiary/aromatic N) is 3. The van der Waals surface area contributed by atoms with Crippen LogP contribution >= 0.6 is 0 Å². The monoisotopic (exact) mass is 156 g/mol. The van der Waals surface area contributed by atoms with Gasteiger partial charge in [0.25, 0.3) is 0 Å². The van der Waals surface area contributed by atoms with Gasteiger partial charge in [0, 0.05) is 11.8 Å². The highest BCUT2D eigenvalue weighted by Gasteiger charge is 1.96. The van der Waals surface area contributed by atoms with E-state index in [0.29, 0.717) is 5.82 Å². The Bertz CT molecular complexity index is 307. The molecule has 12 heavy (non-hydrogen) atoms. The van der Waals surface area contributed by atoms with E-state index in [4.69, 9.17) is 0 Å². The van der Waals surface area contributed by atoms with Crippen molar-refractivity contribution in [3.05, 3.63) is 42.7 Å². The molecule has 1 aromatic carbocycles. The van der Waals surface area contributed by atoms with Gasteiger partial charge in [-0.25, -0.2) is 4.98 Å². The molecule has 0 bridgehead atoms. The van der Waals surface area contributed by atoms with Crippen LogP contribution in [0.15, 0.2) is 36.7 Å². The molecule has 1 heterocycles. The first-order valence-electron chi connectivity index (χ1n) is 3.57. The van der Waals surface area contributed by atoms with Crippen molar-refractivity contribution in [3.63, 3.8) is 0 Å². The molecule has 1 radical (unpaired) electrons. The molecule has 0 saturated heterocycles. The lowest BCUT2D eigenvalue weighted by molar-refractivity contribution is 0.980. The summed E-state index contributed by atoms with van der Waals surface area (Å²) in [4.78, 5) is 4.06. The van der Waals surface area contributed by atoms with Gasteiger partial charge >= 0.3 is 0 Å². The zero-order chi connectivity index (χ0) is 8.23. The first kappa shape index (κ1) is 6.91. The Morgan fingerprint density at radius 1 is 1.08 bits per heavy atom. The van der Waals surface area contributed by atoms with Gasteiger partial charge in [0.15, 0.2) is 5.82 Å². The average molecular weight is 156 g/mol. The molecule has 0 atom stereocenters. The van der Waals surface area contributed by atoms with Crippen LogP contribution in [0.2, 0.25) is 0 Å². The third kappa shape index (κ3) is 1.29. The maximum atomic E-state index is 4.06. The summed E-state index contributed by atoms with van der Waals surface area (Å²) >= 11 is 0. The first-order valence-corrected chi connectivity index (χ1v) is 3.57. The van der Waals surface area contributed by atoms with Crippen molar-refractivity contribution < 1.29 is 0 Å². The van der Waals surface area contributed by atoms with Crippen molar-refractivity contribution in [1.82, 2.24) is 15.2 Å². The van der Waals surface area contributed by atoms with Gasteiger partial charge in [-0.15, -0.1) is 5.10 Å². The molecule has 0 saturated carbocycles. The van der Waals surface area contributed by atoms with E-state index < -0.39 is 0 Å². The molecule has 57 valence electrons. The predicted molar refractivity (Wildman–Crippen MR) is 44.1 cm³/mol. The minimum atomic E-state index is 0.645. The van der Waals surface area contributed by atoms with Crippen LogP contribution in [0, 0.1) is 6.07 Å². The molecule has 3 nitrogen and oxygen atoms in total. The lowest BCUT2D eigenvalue weighted by atomic mass is 10.2. The summed E-state index contributed by atoms with van der Waals surface area (Å²) in [6.07, 6.45) is 3.18. The molecule has 0 fully saturated rings. The van der Waals surface area contributed by atoms with E-state index >= 15 is 0 Å². The smallest absolute Gasteiger partial charge is 0.181 e. The fourth-order valence-electron chi connectivity index (χ4n) is 0.916. The van der Waals surface area contributed by atoms with Gasteiger partial charge < -0.3 is 0 Å². The van der Waals surface area contributed by atoms with Crippen LogP contribution < -0.4 is 0 Å². The van der Waals surface area contributed by atoms with Gasteiger partial charge in [-0.2, -0.15) is 5.10 Å². The van der Waals surface area contributed by atoms with Gasteiger partial charge in [-0.05, 0) is 6.07 Å². The molecular formula is C9H6N3. The van der Waals surface area contributed by atoms with E-state index in [-0.39, 0.29) is 0 Å². The molecule has 0 aliphatic rings. The van der Waals surface area contributed by atoms with E-state index in [0.717, 1.165) is 5.56 Å². The molecule has 0 amide bonds. The van der Waals surface area contributed by atoms with Gasteiger partial charge in [-0.3, -0.25) is 0 Å². The Morgan fingerprint density at radius 2 is 1.92 bits per heavy atom. The van der Waals surface area contributed by atoms with E-state index in [1.807, 2.05) is 24.3 Å². The van der Waals surface area contributed by atoms with Crippen molar-refractivity contribution in [3.8, 4) is 11.4 Å². The predicted octanol–water partition coefficient (Wildman–Crippen LogP) is 1.34. The fraction of sp³-hybridized carbons (Fsp3) is 0. The van der Waals surface area contributed by atoms with Crippen molar-refractivity contribution >= 4 is 0 Å². The highest BCUT2D eigenvalue weighted by molar-refractivity contribution is 5.52. The molecule has 0 unspecified atom stereocenters. The standard InChI is InChI=1S/C9H6N3/c1-2-4-8(5-3-1)9-10-6-7-11-12-9/h2-7H. The van der Waals surface area contributed by atoms with Gasteiger partial charge in [0.05, 0.1) is 6.20 Å². The Balaban J connectivity index is 2.46. The minimum absolute atomic E-state index is 0.645. The molecule has 2 rings (SSSR count). The molecule has 2 aromatic rings. The van der Waals surface area contributed by atoms with Gasteiger partial charge in [0.1, 0.15) is 0 Å². The summed E-state index contributed by atoms with van der Waals surface area (Å²) in [5.41, 5.74) is 0.960. The zero-order valence-corrected chi connectivity index (χ0v) is 6.31. The average Bonchev–Trinajstić information content (AvgIpc) is 2.21. The van der Waals surface area contributed by atoms with Gasteiger partial charge in [-0.1, -0.05) is 24.3 Å². The van der Waals surface area contributed by atoms with E-state index in [9.17, 15) is 0 Å². The molecule has 0 aliphatic heterocycles. The highest BCUT2D eigenvalue weighted by Crippen LogP contribution is 2.10. The fourth-order valence-corrected chi connectivity index (χ4v) is 0.916. The number of aromatic nitrogens is 3. The second-order valence-electron chi connectivity index (χ2n) is 2.25. The summed E-state index contributed by atoms with van der Waals surface area (Å²) in [5.74, 6) is 0.645. The summed E-state index contributed by atoms with van der Waals surface area (Å²) in [6.45, 7) is 0. The van der Waals surface area contributed by atoms with Crippen LogP contribution in [-0.4, -0.2) is 15.2 Å². The summed E-state index contributed by atoms with van der Waals surface area (Å²) in [5, 5.41) is 7.61. The quantitative estimate of drug-likeness (QED) is 0.625. The third-order valence-corrected chi connectivity index (χ3v) is 1.46. The number of hydrogen-bond acceptors (Lipinski definition) is 3. The van der Waals surface area contributed by atoms with Crippen LogP contribution in [0.25, 0.3) is 11.4 Å². The van der Waals surface area contributed by atoms with Crippen LogP contribution in [0.4, 0.5) is 0 Å². The number of rotatable bonds is 1. The van der Waals surface area contributed by atoms with Crippen LogP contribution in [0.3, 0.4) is 0 Å². The highest BCUT2D eigenvalue weighted by atomic mass is 15.1. The SMILES string of the molecule is [c]1ccc(-c2nccnn2)cc1. The van der Waals surface area contributed by atoms with Crippen molar-refractivity contribution in [2.75, 3.05) is 0 Å². The minimum Gasteiger partial charge on any atom is -0.233 e. The Morgan fingerprint density at radius 3 is 2.58 bits per heavy atom. The zero-order valence-electron chi connectivity index (χ0n) is 6.31. The molecule has 0 spiro atoms. The summed E-state index contributed by atoms with van der Waals surface area (Å²) in [6, 6.07) is 10.4. The van der Waals surface area contributed by atoms with Crippen molar-refractivity contribution in [1.29, 1.82) is 0 Å². The van der Waals surface area contributed by atoms with E-state index in [2.05, 4.69) is 21.2 Å². The maximum absolute atomic E-state index is 4.06. The Labute approximate surface area is 70.1 Å². The number of hydrogen-bond donors (Lipinski definition) is 0. The van der Waals surface area contributed by atoms with E-state index in [1.165, 1.54) is 0 Å². The normalized spacial score (nSPS) is 9.67. The molecule has 0 aliphatic carbocycles. The van der Waals surface area contributed by atoms with Crippen molar-refractivity contribution in [2.24, 2.45) is 0 Å². The maximum Gasteiger partial charge on any atom is 0.181 e. The number of benzene rings is 1. The van der Waals surface area contributed by atoms with Crippen molar-refractivity contribution in [2.45, 2.75) is 0 Å². The summed E-state index contributed by atoms with van der Waals surface area (Å²) < 4.78 is 0. The molecule has 3 heteroatoms. The largest absolute Gasteiger partial charge is 0.233 e. The van der Waals surface area contributed by atoms with E-state index in [1.54, 1.807) is 12.4 Å². The summed E-state index contributed by atoms with van der Waals surface area (Å²) in [7, 11) is 0. The molecule has 1 aromatic heterocycles. The van der Waals surface area contributed by atoms with Gasteiger partial charge in [0.2, 0.25) is 0 Å². The molecular weight excluding hydrogens is 150 g/mol.